The van der Waals surface area contributed by atoms with E-state index in [0.29, 0.717) is 19.7 Å². The molecule has 7 heteroatoms. The average Bonchev–Trinajstić information content (AvgIpc) is 2.47. The van der Waals surface area contributed by atoms with Gasteiger partial charge in [0.1, 0.15) is 6.61 Å². The minimum absolute atomic E-state index is 0.185. The van der Waals surface area contributed by atoms with E-state index in [1.54, 1.807) is 0 Å². The lowest BCUT2D eigenvalue weighted by atomic mass is 10.3. The summed E-state index contributed by atoms with van der Waals surface area (Å²) in [7, 11) is 1.24. The number of carbonyl (C=O) groups excluding carboxylic acids is 2. The molecule has 0 unspecified atom stereocenters. The molecule has 1 saturated heterocycles. The summed E-state index contributed by atoms with van der Waals surface area (Å²) in [5.41, 5.74) is 0. The summed E-state index contributed by atoms with van der Waals surface area (Å²) in [4.78, 5) is 26.4. The number of aliphatic hydroxyl groups excluding tert-OH is 1. The first kappa shape index (κ1) is 16.6. The lowest BCUT2D eigenvalue weighted by Crippen LogP contribution is -2.48. The van der Waals surface area contributed by atoms with Crippen LogP contribution in [0.2, 0.25) is 0 Å². The van der Waals surface area contributed by atoms with E-state index >= 15 is 0 Å². The van der Waals surface area contributed by atoms with Crippen molar-refractivity contribution in [3.05, 3.63) is 12.2 Å². The molecule has 0 aromatic carbocycles. The Kier molecular flexibility index (Phi) is 7.86. The third-order valence-corrected chi connectivity index (χ3v) is 3.09. The molecule has 0 aromatic heterocycles. The third kappa shape index (κ3) is 6.65. The molecular weight excluding hydrogens is 264 g/mol. The Morgan fingerprint density at radius 3 is 2.15 bits per heavy atom. The minimum Gasteiger partial charge on any atom is -0.466 e. The maximum absolute atomic E-state index is 11.3. The first-order valence-electron chi connectivity index (χ1n) is 6.64. The van der Waals surface area contributed by atoms with E-state index in [1.165, 1.54) is 7.11 Å². The van der Waals surface area contributed by atoms with Crippen molar-refractivity contribution in [2.75, 3.05) is 59.6 Å². The van der Waals surface area contributed by atoms with Gasteiger partial charge in [0.2, 0.25) is 0 Å². The molecule has 1 rings (SSSR count). The Morgan fingerprint density at radius 2 is 1.60 bits per heavy atom. The predicted molar refractivity (Wildman–Crippen MR) is 72.1 cm³/mol. The topological polar surface area (TPSA) is 79.3 Å². The number of hydrogen-bond donors (Lipinski definition) is 1. The number of carbonyl (C=O) groups is 2. The van der Waals surface area contributed by atoms with E-state index in [4.69, 9.17) is 9.84 Å². The molecule has 0 aliphatic carbocycles. The molecule has 1 N–H and O–H groups in total. The summed E-state index contributed by atoms with van der Waals surface area (Å²) in [5, 5.41) is 8.84. The normalized spacial score (nSPS) is 17.3. The fraction of sp³-hybridized carbons (Fsp3) is 0.692. The Balaban J connectivity index is 2.11. The Hall–Kier alpha value is -1.44. The molecule has 1 heterocycles. The predicted octanol–water partition coefficient (Wildman–Crippen LogP) is -1.13. The fourth-order valence-corrected chi connectivity index (χ4v) is 1.91. The molecule has 0 bridgehead atoms. The van der Waals surface area contributed by atoms with Crippen LogP contribution in [0.15, 0.2) is 12.2 Å². The maximum atomic E-state index is 11.3. The smallest absolute Gasteiger partial charge is 0.331 e. The summed E-state index contributed by atoms with van der Waals surface area (Å²) in [5.74, 6) is -1.13. The van der Waals surface area contributed by atoms with Crippen molar-refractivity contribution in [3.63, 3.8) is 0 Å². The average molecular weight is 286 g/mol. The molecule has 0 saturated carbocycles. The van der Waals surface area contributed by atoms with E-state index in [0.717, 1.165) is 38.3 Å². The number of aliphatic hydroxyl groups is 1. The number of rotatable bonds is 7. The Morgan fingerprint density at radius 1 is 1.05 bits per heavy atom. The number of methoxy groups -OCH3 is 1. The van der Waals surface area contributed by atoms with Crippen LogP contribution in [0.5, 0.6) is 0 Å². The number of ether oxygens (including phenoxy) is 2. The van der Waals surface area contributed by atoms with Gasteiger partial charge in [-0.2, -0.15) is 0 Å². The van der Waals surface area contributed by atoms with E-state index in [1.807, 2.05) is 0 Å². The molecule has 0 amide bonds. The molecule has 1 fully saturated rings. The number of nitrogens with zero attached hydrogens (tertiary/aromatic N) is 2. The first-order valence-corrected chi connectivity index (χ1v) is 6.64. The quantitative estimate of drug-likeness (QED) is 0.468. The minimum atomic E-state index is -0.582. The molecule has 0 spiro atoms. The summed E-state index contributed by atoms with van der Waals surface area (Å²) < 4.78 is 9.35. The van der Waals surface area contributed by atoms with E-state index < -0.39 is 11.9 Å². The lowest BCUT2D eigenvalue weighted by molar-refractivity contribution is -0.139. The van der Waals surface area contributed by atoms with Crippen molar-refractivity contribution < 1.29 is 24.2 Å². The van der Waals surface area contributed by atoms with Gasteiger partial charge in [-0.05, 0) is 0 Å². The molecule has 114 valence electrons. The molecular formula is C13H22N2O5. The third-order valence-electron chi connectivity index (χ3n) is 3.09. The van der Waals surface area contributed by atoms with E-state index in [-0.39, 0.29) is 6.61 Å². The maximum Gasteiger partial charge on any atom is 0.331 e. The van der Waals surface area contributed by atoms with Crippen molar-refractivity contribution in [2.24, 2.45) is 0 Å². The van der Waals surface area contributed by atoms with Gasteiger partial charge in [-0.3, -0.25) is 9.80 Å². The summed E-state index contributed by atoms with van der Waals surface area (Å²) >= 11 is 0. The molecule has 1 aliphatic rings. The van der Waals surface area contributed by atoms with Crippen LogP contribution in [-0.2, 0) is 19.1 Å². The highest BCUT2D eigenvalue weighted by atomic mass is 16.5. The SMILES string of the molecule is COC(=O)C=CC(=O)OCCN1CCN(CCO)CC1. The van der Waals surface area contributed by atoms with Gasteiger partial charge in [-0.1, -0.05) is 0 Å². The van der Waals surface area contributed by atoms with Crippen molar-refractivity contribution in [1.82, 2.24) is 9.80 Å². The molecule has 1 aliphatic heterocycles. The van der Waals surface area contributed by atoms with Crippen molar-refractivity contribution in [3.8, 4) is 0 Å². The van der Waals surface area contributed by atoms with Gasteiger partial charge < -0.3 is 14.6 Å². The van der Waals surface area contributed by atoms with Crippen LogP contribution in [0, 0.1) is 0 Å². The van der Waals surface area contributed by atoms with Crippen LogP contribution in [0.3, 0.4) is 0 Å². The zero-order valence-corrected chi connectivity index (χ0v) is 11.8. The molecule has 7 nitrogen and oxygen atoms in total. The molecule has 0 atom stereocenters. The standard InChI is InChI=1S/C13H22N2O5/c1-19-12(17)2-3-13(18)20-11-9-15-6-4-14(5-7-15)8-10-16/h2-3,16H,4-11H2,1H3. The summed E-state index contributed by atoms with van der Waals surface area (Å²) in [6, 6.07) is 0. The van der Waals surface area contributed by atoms with E-state index in [2.05, 4.69) is 14.5 Å². The van der Waals surface area contributed by atoms with Gasteiger partial charge in [0.25, 0.3) is 0 Å². The molecule has 0 radical (unpaired) electrons. The second-order valence-corrected chi connectivity index (χ2v) is 4.43. The van der Waals surface area contributed by atoms with Gasteiger partial charge in [0, 0.05) is 51.4 Å². The van der Waals surface area contributed by atoms with Crippen LogP contribution in [0.1, 0.15) is 0 Å². The second kappa shape index (κ2) is 9.46. The number of piperazine rings is 1. The zero-order valence-electron chi connectivity index (χ0n) is 11.8. The number of esters is 2. The fourth-order valence-electron chi connectivity index (χ4n) is 1.91. The largest absolute Gasteiger partial charge is 0.466 e. The number of β-amino-alcohol motifs (C(OH)–C–C–N with tert-alkyl or cyclic N) is 1. The number of hydrogen-bond acceptors (Lipinski definition) is 7. The second-order valence-electron chi connectivity index (χ2n) is 4.43. The van der Waals surface area contributed by atoms with Gasteiger partial charge in [0.05, 0.1) is 13.7 Å². The van der Waals surface area contributed by atoms with Crippen molar-refractivity contribution >= 4 is 11.9 Å². The van der Waals surface area contributed by atoms with Crippen LogP contribution < -0.4 is 0 Å². The molecule has 20 heavy (non-hydrogen) atoms. The van der Waals surface area contributed by atoms with Crippen molar-refractivity contribution in [1.29, 1.82) is 0 Å². The van der Waals surface area contributed by atoms with Gasteiger partial charge in [-0.25, -0.2) is 9.59 Å². The molecule has 0 aromatic rings. The zero-order chi connectivity index (χ0) is 14.8. The highest BCUT2D eigenvalue weighted by molar-refractivity contribution is 5.91. The van der Waals surface area contributed by atoms with Crippen LogP contribution in [0.25, 0.3) is 0 Å². The first-order chi connectivity index (χ1) is 9.65. The highest BCUT2D eigenvalue weighted by Gasteiger charge is 2.15. The van der Waals surface area contributed by atoms with Crippen molar-refractivity contribution in [2.45, 2.75) is 0 Å². The van der Waals surface area contributed by atoms with Crippen LogP contribution in [-0.4, -0.2) is 86.4 Å². The van der Waals surface area contributed by atoms with Gasteiger partial charge >= 0.3 is 11.9 Å². The van der Waals surface area contributed by atoms with Crippen LogP contribution >= 0.6 is 0 Å². The van der Waals surface area contributed by atoms with Crippen LogP contribution in [0.4, 0.5) is 0 Å². The summed E-state index contributed by atoms with van der Waals surface area (Å²) in [6.45, 7) is 5.49. The summed E-state index contributed by atoms with van der Waals surface area (Å²) in [6.07, 6.45) is 2.10. The highest BCUT2D eigenvalue weighted by Crippen LogP contribution is 2.00. The van der Waals surface area contributed by atoms with E-state index in [9.17, 15) is 9.59 Å². The van der Waals surface area contributed by atoms with Gasteiger partial charge in [-0.15, -0.1) is 0 Å². The Bertz CT molecular complexity index is 338. The lowest BCUT2D eigenvalue weighted by Gasteiger charge is -2.34. The Labute approximate surface area is 118 Å². The monoisotopic (exact) mass is 286 g/mol. The van der Waals surface area contributed by atoms with Gasteiger partial charge in [0.15, 0.2) is 0 Å².